The number of aryl methyl sites for hydroxylation is 2. The van der Waals surface area contributed by atoms with Crippen molar-refractivity contribution < 1.29 is 4.79 Å². The molecule has 2 aliphatic carbocycles. The van der Waals surface area contributed by atoms with Gasteiger partial charge in [0.2, 0.25) is 0 Å². The summed E-state index contributed by atoms with van der Waals surface area (Å²) in [7, 11) is 1.83. The smallest absolute Gasteiger partial charge is 0.272 e. The third-order valence-electron chi connectivity index (χ3n) is 5.57. The molecule has 0 aromatic carbocycles. The van der Waals surface area contributed by atoms with Crippen LogP contribution >= 0.6 is 0 Å². The number of hydrogen-bond acceptors (Lipinski definition) is 4. The second-order valence-corrected chi connectivity index (χ2v) is 7.59. The van der Waals surface area contributed by atoms with Gasteiger partial charge in [0.15, 0.2) is 0 Å². The quantitative estimate of drug-likeness (QED) is 0.910. The Kier molecular flexibility index (Phi) is 4.38. The molecule has 1 N–H and O–H groups in total. The van der Waals surface area contributed by atoms with Crippen LogP contribution in [0.3, 0.4) is 0 Å². The lowest BCUT2D eigenvalue weighted by molar-refractivity contribution is 0.0915. The minimum atomic E-state index is -0.122. The van der Waals surface area contributed by atoms with Crippen molar-refractivity contribution in [2.45, 2.75) is 63.5 Å². The standard InChI is InChI=1S/C19H25N5O2/c1-12-11-17(21-23(12)2)19(26)20-14-5-7-15(8-6-14)24-18(25)10-9-16(22-24)13-3-4-13/h9-11,13-15H,3-8H2,1-2H3,(H,20,26). The van der Waals surface area contributed by atoms with E-state index in [1.54, 1.807) is 21.5 Å². The normalized spacial score (nSPS) is 23.0. The topological polar surface area (TPSA) is 81.8 Å². The molecular formula is C19H25N5O2. The van der Waals surface area contributed by atoms with E-state index >= 15 is 0 Å². The Morgan fingerprint density at radius 2 is 1.85 bits per heavy atom. The highest BCUT2D eigenvalue weighted by atomic mass is 16.2. The minimum Gasteiger partial charge on any atom is -0.348 e. The maximum atomic E-state index is 12.4. The fourth-order valence-electron chi connectivity index (χ4n) is 3.69. The molecule has 4 rings (SSSR count). The van der Waals surface area contributed by atoms with Crippen molar-refractivity contribution in [1.29, 1.82) is 0 Å². The van der Waals surface area contributed by atoms with E-state index in [2.05, 4.69) is 15.5 Å². The molecule has 26 heavy (non-hydrogen) atoms. The molecule has 138 valence electrons. The second kappa shape index (κ2) is 6.70. The molecule has 0 bridgehead atoms. The lowest BCUT2D eigenvalue weighted by atomic mass is 9.91. The fraction of sp³-hybridized carbons (Fsp3) is 0.579. The summed E-state index contributed by atoms with van der Waals surface area (Å²) in [5.74, 6) is 0.419. The summed E-state index contributed by atoms with van der Waals surface area (Å²) in [6, 6.07) is 5.58. The van der Waals surface area contributed by atoms with E-state index in [4.69, 9.17) is 0 Å². The van der Waals surface area contributed by atoms with Gasteiger partial charge in [-0.05, 0) is 57.6 Å². The maximum Gasteiger partial charge on any atom is 0.272 e. The van der Waals surface area contributed by atoms with Gasteiger partial charge in [-0.2, -0.15) is 10.2 Å². The molecule has 2 saturated carbocycles. The highest BCUT2D eigenvalue weighted by molar-refractivity contribution is 5.92. The monoisotopic (exact) mass is 355 g/mol. The molecule has 7 nitrogen and oxygen atoms in total. The average molecular weight is 355 g/mol. The molecule has 2 aromatic heterocycles. The minimum absolute atomic E-state index is 0.0224. The van der Waals surface area contributed by atoms with Gasteiger partial charge in [-0.1, -0.05) is 0 Å². The molecule has 0 aliphatic heterocycles. The molecule has 7 heteroatoms. The van der Waals surface area contributed by atoms with Crippen molar-refractivity contribution in [1.82, 2.24) is 24.9 Å². The van der Waals surface area contributed by atoms with E-state index in [0.717, 1.165) is 37.1 Å². The zero-order chi connectivity index (χ0) is 18.3. The Morgan fingerprint density at radius 3 is 2.46 bits per heavy atom. The van der Waals surface area contributed by atoms with Crippen molar-refractivity contribution in [3.63, 3.8) is 0 Å². The van der Waals surface area contributed by atoms with E-state index in [1.807, 2.05) is 20.0 Å². The molecule has 0 spiro atoms. The summed E-state index contributed by atoms with van der Waals surface area (Å²) in [5, 5.41) is 11.9. The van der Waals surface area contributed by atoms with Gasteiger partial charge in [0.1, 0.15) is 5.69 Å². The number of amides is 1. The number of aromatic nitrogens is 4. The van der Waals surface area contributed by atoms with Gasteiger partial charge in [0, 0.05) is 30.8 Å². The molecule has 0 atom stereocenters. The first-order valence-electron chi connectivity index (χ1n) is 9.42. The Labute approximate surface area is 152 Å². The van der Waals surface area contributed by atoms with Crippen molar-refractivity contribution in [3.05, 3.63) is 45.6 Å². The highest BCUT2D eigenvalue weighted by Crippen LogP contribution is 2.38. The van der Waals surface area contributed by atoms with Crippen LogP contribution in [-0.2, 0) is 7.05 Å². The number of rotatable bonds is 4. The molecule has 1 amide bonds. The van der Waals surface area contributed by atoms with Gasteiger partial charge >= 0.3 is 0 Å². The summed E-state index contributed by atoms with van der Waals surface area (Å²) in [6.45, 7) is 1.93. The Morgan fingerprint density at radius 1 is 1.12 bits per heavy atom. The van der Waals surface area contributed by atoms with Crippen LogP contribution in [-0.4, -0.2) is 31.5 Å². The Balaban J connectivity index is 1.37. The first-order valence-corrected chi connectivity index (χ1v) is 9.42. The van der Waals surface area contributed by atoms with Crippen LogP contribution in [0.15, 0.2) is 23.0 Å². The Hall–Kier alpha value is -2.44. The summed E-state index contributed by atoms with van der Waals surface area (Å²) in [5.41, 5.74) is 2.44. The number of nitrogens with zero attached hydrogens (tertiary/aromatic N) is 4. The van der Waals surface area contributed by atoms with Gasteiger partial charge in [-0.25, -0.2) is 4.68 Å². The van der Waals surface area contributed by atoms with Crippen LogP contribution in [0.25, 0.3) is 0 Å². The van der Waals surface area contributed by atoms with Crippen LogP contribution in [0.1, 0.15) is 72.4 Å². The fourth-order valence-corrected chi connectivity index (χ4v) is 3.69. The number of hydrogen-bond donors (Lipinski definition) is 1. The van der Waals surface area contributed by atoms with Gasteiger partial charge in [0.05, 0.1) is 11.7 Å². The van der Waals surface area contributed by atoms with Crippen LogP contribution < -0.4 is 10.9 Å². The van der Waals surface area contributed by atoms with Crippen molar-refractivity contribution >= 4 is 5.91 Å². The third kappa shape index (κ3) is 3.43. The maximum absolute atomic E-state index is 12.4. The van der Waals surface area contributed by atoms with Crippen LogP contribution in [0, 0.1) is 6.92 Å². The summed E-state index contributed by atoms with van der Waals surface area (Å²) >= 11 is 0. The van der Waals surface area contributed by atoms with Crippen molar-refractivity contribution in [3.8, 4) is 0 Å². The van der Waals surface area contributed by atoms with E-state index < -0.39 is 0 Å². The zero-order valence-corrected chi connectivity index (χ0v) is 15.3. The van der Waals surface area contributed by atoms with Gasteiger partial charge in [-0.15, -0.1) is 0 Å². The van der Waals surface area contributed by atoms with Crippen molar-refractivity contribution in [2.75, 3.05) is 0 Å². The predicted molar refractivity (Wildman–Crippen MR) is 97.2 cm³/mol. The predicted octanol–water partition coefficient (Wildman–Crippen LogP) is 2.08. The first kappa shape index (κ1) is 17.0. The average Bonchev–Trinajstić information content (AvgIpc) is 3.42. The molecular weight excluding hydrogens is 330 g/mol. The van der Waals surface area contributed by atoms with E-state index in [1.165, 1.54) is 12.8 Å². The van der Waals surface area contributed by atoms with E-state index in [9.17, 15) is 9.59 Å². The molecule has 2 aliphatic rings. The SMILES string of the molecule is Cc1cc(C(=O)NC2CCC(n3nc(C4CC4)ccc3=O)CC2)nn1C. The zero-order valence-electron chi connectivity index (χ0n) is 15.3. The first-order chi connectivity index (χ1) is 12.5. The summed E-state index contributed by atoms with van der Waals surface area (Å²) in [4.78, 5) is 24.6. The molecule has 0 unspecified atom stereocenters. The number of nitrogens with one attached hydrogen (secondary N) is 1. The van der Waals surface area contributed by atoms with Crippen LogP contribution in [0.5, 0.6) is 0 Å². The van der Waals surface area contributed by atoms with E-state index in [-0.39, 0.29) is 23.6 Å². The largest absolute Gasteiger partial charge is 0.348 e. The van der Waals surface area contributed by atoms with Crippen LogP contribution in [0.2, 0.25) is 0 Å². The molecule has 2 aromatic rings. The van der Waals surface area contributed by atoms with Crippen LogP contribution in [0.4, 0.5) is 0 Å². The molecule has 2 fully saturated rings. The lowest BCUT2D eigenvalue weighted by Crippen LogP contribution is -2.39. The van der Waals surface area contributed by atoms with E-state index in [0.29, 0.717) is 11.6 Å². The van der Waals surface area contributed by atoms with Crippen molar-refractivity contribution in [2.24, 2.45) is 7.05 Å². The highest BCUT2D eigenvalue weighted by Gasteiger charge is 2.29. The summed E-state index contributed by atoms with van der Waals surface area (Å²) in [6.07, 6.45) is 5.77. The molecule has 2 heterocycles. The van der Waals surface area contributed by atoms with Gasteiger partial charge < -0.3 is 5.32 Å². The Bertz CT molecular complexity index is 853. The lowest BCUT2D eigenvalue weighted by Gasteiger charge is -2.29. The van der Waals surface area contributed by atoms with Gasteiger partial charge in [0.25, 0.3) is 11.5 Å². The second-order valence-electron chi connectivity index (χ2n) is 7.59. The molecule has 0 radical (unpaired) electrons. The number of carbonyl (C=O) groups is 1. The van der Waals surface area contributed by atoms with Gasteiger partial charge in [-0.3, -0.25) is 14.3 Å². The third-order valence-corrected chi connectivity index (χ3v) is 5.57. The summed E-state index contributed by atoms with van der Waals surface area (Å²) < 4.78 is 3.38. The molecule has 0 saturated heterocycles. The number of carbonyl (C=O) groups excluding carboxylic acids is 1.